The van der Waals surface area contributed by atoms with E-state index in [4.69, 9.17) is 0 Å². The third-order valence-electron chi connectivity index (χ3n) is 3.10. The summed E-state index contributed by atoms with van der Waals surface area (Å²) in [6.07, 6.45) is 0. The van der Waals surface area contributed by atoms with Crippen LogP contribution in [0.15, 0.2) is 36.4 Å². The summed E-state index contributed by atoms with van der Waals surface area (Å²) in [7, 11) is 0. The molecule has 2 aromatic rings. The summed E-state index contributed by atoms with van der Waals surface area (Å²) in [6.45, 7) is 5.31. The first-order chi connectivity index (χ1) is 9.86. The molecule has 0 heterocycles. The third kappa shape index (κ3) is 3.45. The summed E-state index contributed by atoms with van der Waals surface area (Å²) < 4.78 is 0. The fraction of sp³-hybridized carbons (Fsp3) is 0.188. The molecule has 5 nitrogen and oxygen atoms in total. The highest BCUT2D eigenvalue weighted by Crippen LogP contribution is 2.29. The monoisotopic (exact) mass is 284 g/mol. The van der Waals surface area contributed by atoms with Crippen molar-refractivity contribution in [1.82, 2.24) is 0 Å². The van der Waals surface area contributed by atoms with E-state index >= 15 is 0 Å². The number of benzene rings is 2. The van der Waals surface area contributed by atoms with Crippen molar-refractivity contribution in [3.63, 3.8) is 0 Å². The second-order valence-electron chi connectivity index (χ2n) is 5.05. The lowest BCUT2D eigenvalue weighted by atomic mass is 10.1. The fourth-order valence-electron chi connectivity index (χ4n) is 2.21. The minimum Gasteiger partial charge on any atom is -0.350 e. The molecule has 0 spiro atoms. The lowest BCUT2D eigenvalue weighted by molar-refractivity contribution is -0.383. The molecule has 0 bridgehead atoms. The fourth-order valence-corrected chi connectivity index (χ4v) is 2.21. The molecule has 108 valence electrons. The number of anilines is 2. The minimum absolute atomic E-state index is 0.109. The van der Waals surface area contributed by atoms with Crippen LogP contribution in [0, 0.1) is 24.0 Å². The molecule has 5 heteroatoms. The number of nitro benzene ring substituents is 1. The van der Waals surface area contributed by atoms with Crippen LogP contribution in [0.2, 0.25) is 0 Å². The summed E-state index contributed by atoms with van der Waals surface area (Å²) in [5.74, 6) is -0.198. The maximum Gasteiger partial charge on any atom is 0.293 e. The SMILES string of the molecule is CC(=O)c1ccc(Nc2cc(C)cc(C)c2)c([N+](=O)[O-])c1. The molecule has 0 aromatic heterocycles. The van der Waals surface area contributed by atoms with E-state index in [1.165, 1.54) is 13.0 Å². The van der Waals surface area contributed by atoms with Gasteiger partial charge < -0.3 is 5.32 Å². The Hall–Kier alpha value is -2.69. The van der Waals surface area contributed by atoms with Gasteiger partial charge in [-0.15, -0.1) is 0 Å². The van der Waals surface area contributed by atoms with Crippen molar-refractivity contribution in [2.45, 2.75) is 20.8 Å². The smallest absolute Gasteiger partial charge is 0.293 e. The number of nitrogens with zero attached hydrogens (tertiary/aromatic N) is 1. The zero-order valence-electron chi connectivity index (χ0n) is 12.1. The van der Waals surface area contributed by atoms with Crippen LogP contribution in [0.25, 0.3) is 0 Å². The topological polar surface area (TPSA) is 72.2 Å². The van der Waals surface area contributed by atoms with Crippen molar-refractivity contribution in [3.05, 3.63) is 63.2 Å². The average molecular weight is 284 g/mol. The Morgan fingerprint density at radius 1 is 1.10 bits per heavy atom. The van der Waals surface area contributed by atoms with E-state index < -0.39 is 4.92 Å². The number of carbonyl (C=O) groups is 1. The van der Waals surface area contributed by atoms with Crippen LogP contribution in [0.1, 0.15) is 28.4 Å². The average Bonchev–Trinajstić information content (AvgIpc) is 2.37. The van der Waals surface area contributed by atoms with Gasteiger partial charge in [-0.25, -0.2) is 0 Å². The van der Waals surface area contributed by atoms with E-state index in [0.717, 1.165) is 16.8 Å². The van der Waals surface area contributed by atoms with E-state index in [2.05, 4.69) is 5.32 Å². The second kappa shape index (κ2) is 5.75. The zero-order chi connectivity index (χ0) is 15.6. The number of carbonyl (C=O) groups excluding carboxylic acids is 1. The van der Waals surface area contributed by atoms with Gasteiger partial charge in [-0.2, -0.15) is 0 Å². The molecular formula is C16H16N2O3. The van der Waals surface area contributed by atoms with E-state index in [1.807, 2.05) is 32.0 Å². The zero-order valence-corrected chi connectivity index (χ0v) is 12.1. The van der Waals surface area contributed by atoms with E-state index in [9.17, 15) is 14.9 Å². The molecule has 0 aliphatic heterocycles. The highest BCUT2D eigenvalue weighted by molar-refractivity contribution is 5.95. The Morgan fingerprint density at radius 3 is 2.24 bits per heavy atom. The summed E-state index contributed by atoms with van der Waals surface area (Å²) in [6, 6.07) is 10.3. The van der Waals surface area contributed by atoms with Crippen LogP contribution in [-0.4, -0.2) is 10.7 Å². The van der Waals surface area contributed by atoms with Gasteiger partial charge in [0.2, 0.25) is 0 Å². The van der Waals surface area contributed by atoms with Gasteiger partial charge in [-0.3, -0.25) is 14.9 Å². The van der Waals surface area contributed by atoms with Gasteiger partial charge in [0.15, 0.2) is 5.78 Å². The maximum atomic E-state index is 11.3. The highest BCUT2D eigenvalue weighted by atomic mass is 16.6. The predicted molar refractivity (Wildman–Crippen MR) is 82.3 cm³/mol. The van der Waals surface area contributed by atoms with E-state index in [0.29, 0.717) is 11.3 Å². The van der Waals surface area contributed by atoms with Crippen molar-refractivity contribution >= 4 is 22.8 Å². The number of aryl methyl sites for hydroxylation is 2. The van der Waals surface area contributed by atoms with Gasteiger partial charge in [0.05, 0.1) is 4.92 Å². The normalized spacial score (nSPS) is 10.2. The Balaban J connectivity index is 2.43. The van der Waals surface area contributed by atoms with Crippen molar-refractivity contribution in [2.24, 2.45) is 0 Å². The van der Waals surface area contributed by atoms with Crippen LogP contribution in [0.5, 0.6) is 0 Å². The number of hydrogen-bond donors (Lipinski definition) is 1. The first-order valence-electron chi connectivity index (χ1n) is 6.51. The molecule has 0 aliphatic rings. The molecule has 2 aromatic carbocycles. The Morgan fingerprint density at radius 2 is 1.71 bits per heavy atom. The molecule has 0 unspecified atom stereocenters. The number of rotatable bonds is 4. The largest absolute Gasteiger partial charge is 0.350 e. The first kappa shape index (κ1) is 14.7. The molecule has 0 radical (unpaired) electrons. The molecule has 21 heavy (non-hydrogen) atoms. The standard InChI is InChI=1S/C16H16N2O3/c1-10-6-11(2)8-14(7-10)17-15-5-4-13(12(3)19)9-16(15)18(20)21/h4-9,17H,1-3H3. The Bertz CT molecular complexity index is 703. The summed E-state index contributed by atoms with van der Waals surface area (Å²) >= 11 is 0. The van der Waals surface area contributed by atoms with Crippen LogP contribution in [0.4, 0.5) is 17.1 Å². The van der Waals surface area contributed by atoms with Gasteiger partial charge in [0, 0.05) is 17.3 Å². The minimum atomic E-state index is -0.489. The second-order valence-corrected chi connectivity index (χ2v) is 5.05. The molecular weight excluding hydrogens is 268 g/mol. The number of hydrogen-bond acceptors (Lipinski definition) is 4. The van der Waals surface area contributed by atoms with Crippen LogP contribution in [0.3, 0.4) is 0 Å². The van der Waals surface area contributed by atoms with Gasteiger partial charge in [-0.1, -0.05) is 6.07 Å². The van der Waals surface area contributed by atoms with Crippen molar-refractivity contribution in [3.8, 4) is 0 Å². The quantitative estimate of drug-likeness (QED) is 0.520. The van der Waals surface area contributed by atoms with Crippen LogP contribution >= 0.6 is 0 Å². The number of Topliss-reactive ketones (excluding diaryl/α,β-unsaturated/α-hetero) is 1. The number of nitrogens with one attached hydrogen (secondary N) is 1. The molecule has 0 saturated carbocycles. The third-order valence-corrected chi connectivity index (χ3v) is 3.10. The summed E-state index contributed by atoms with van der Waals surface area (Å²) in [5.41, 5.74) is 3.51. The molecule has 0 saturated heterocycles. The lowest BCUT2D eigenvalue weighted by Gasteiger charge is -2.10. The number of ketones is 1. The van der Waals surface area contributed by atoms with Gasteiger partial charge in [0.1, 0.15) is 5.69 Å². The van der Waals surface area contributed by atoms with Gasteiger partial charge >= 0.3 is 0 Å². The lowest BCUT2D eigenvalue weighted by Crippen LogP contribution is -2.00. The van der Waals surface area contributed by atoms with Gasteiger partial charge in [0.25, 0.3) is 5.69 Å². The molecule has 0 amide bonds. The van der Waals surface area contributed by atoms with Crippen LogP contribution < -0.4 is 5.32 Å². The Labute approximate surface area is 122 Å². The van der Waals surface area contributed by atoms with Crippen molar-refractivity contribution in [1.29, 1.82) is 0 Å². The predicted octanol–water partition coefficient (Wildman–Crippen LogP) is 4.16. The maximum absolute atomic E-state index is 11.3. The van der Waals surface area contributed by atoms with E-state index in [-0.39, 0.29) is 11.5 Å². The van der Waals surface area contributed by atoms with E-state index in [1.54, 1.807) is 12.1 Å². The van der Waals surface area contributed by atoms with Crippen molar-refractivity contribution in [2.75, 3.05) is 5.32 Å². The van der Waals surface area contributed by atoms with Crippen LogP contribution in [-0.2, 0) is 0 Å². The summed E-state index contributed by atoms with van der Waals surface area (Å²) in [5, 5.41) is 14.2. The molecule has 0 fully saturated rings. The van der Waals surface area contributed by atoms with Gasteiger partial charge in [-0.05, 0) is 56.2 Å². The molecule has 0 atom stereocenters. The molecule has 0 aliphatic carbocycles. The van der Waals surface area contributed by atoms with Crippen molar-refractivity contribution < 1.29 is 9.72 Å². The highest BCUT2D eigenvalue weighted by Gasteiger charge is 2.16. The first-order valence-corrected chi connectivity index (χ1v) is 6.51. The summed E-state index contributed by atoms with van der Waals surface area (Å²) in [4.78, 5) is 22.0. The molecule has 1 N–H and O–H groups in total. The molecule has 2 rings (SSSR count). The Kier molecular flexibility index (Phi) is 4.03. The number of nitro groups is 1.